The van der Waals surface area contributed by atoms with Crippen LogP contribution in [0.15, 0.2) is 47.6 Å². The highest BCUT2D eigenvalue weighted by Crippen LogP contribution is 2.20. The highest BCUT2D eigenvalue weighted by Gasteiger charge is 2.14. The van der Waals surface area contributed by atoms with E-state index in [1.165, 1.54) is 0 Å². The van der Waals surface area contributed by atoms with Crippen molar-refractivity contribution >= 4 is 10.0 Å². The molecule has 1 atom stereocenters. The molecule has 5 heteroatoms. The van der Waals surface area contributed by atoms with Crippen LogP contribution < -0.4 is 4.72 Å². The molecule has 0 aliphatic carbocycles. The van der Waals surface area contributed by atoms with Gasteiger partial charge in [-0.25, -0.2) is 13.1 Å². The smallest absolute Gasteiger partial charge is 0.240 e. The number of sulfonamides is 1. The van der Waals surface area contributed by atoms with Crippen LogP contribution in [0.5, 0.6) is 0 Å². The molecule has 0 fully saturated rings. The zero-order valence-electron chi connectivity index (χ0n) is 11.8. The SMILES string of the molecule is CCC(C)c1ccc(S(=O)(=O)NCc2cc[nH]c2)cc1. The molecule has 4 nitrogen and oxygen atoms in total. The van der Waals surface area contributed by atoms with Crippen LogP contribution in [0.4, 0.5) is 0 Å². The van der Waals surface area contributed by atoms with Crippen LogP contribution in [0.3, 0.4) is 0 Å². The first-order valence-corrected chi connectivity index (χ1v) is 8.22. The lowest BCUT2D eigenvalue weighted by Crippen LogP contribution is -2.23. The average molecular weight is 292 g/mol. The molecule has 0 aliphatic rings. The Morgan fingerprint density at radius 2 is 1.90 bits per heavy atom. The highest BCUT2D eigenvalue weighted by atomic mass is 32.2. The van der Waals surface area contributed by atoms with Gasteiger partial charge in [-0.3, -0.25) is 0 Å². The highest BCUT2D eigenvalue weighted by molar-refractivity contribution is 7.89. The van der Waals surface area contributed by atoms with Gasteiger partial charge in [0.15, 0.2) is 0 Å². The van der Waals surface area contributed by atoms with Crippen molar-refractivity contribution in [2.24, 2.45) is 0 Å². The van der Waals surface area contributed by atoms with Crippen molar-refractivity contribution in [1.82, 2.24) is 9.71 Å². The summed E-state index contributed by atoms with van der Waals surface area (Å²) in [5.74, 6) is 0.444. The van der Waals surface area contributed by atoms with Gasteiger partial charge in [0, 0.05) is 18.9 Å². The number of hydrogen-bond acceptors (Lipinski definition) is 2. The van der Waals surface area contributed by atoms with Crippen LogP contribution in [0.1, 0.15) is 37.3 Å². The first kappa shape index (κ1) is 14.8. The molecule has 1 aromatic carbocycles. The monoisotopic (exact) mass is 292 g/mol. The Morgan fingerprint density at radius 3 is 2.45 bits per heavy atom. The average Bonchev–Trinajstić information content (AvgIpc) is 2.98. The number of hydrogen-bond donors (Lipinski definition) is 2. The van der Waals surface area contributed by atoms with Gasteiger partial charge in [0.1, 0.15) is 0 Å². The maximum Gasteiger partial charge on any atom is 0.240 e. The largest absolute Gasteiger partial charge is 0.367 e. The van der Waals surface area contributed by atoms with E-state index >= 15 is 0 Å². The zero-order valence-corrected chi connectivity index (χ0v) is 12.6. The van der Waals surface area contributed by atoms with Gasteiger partial charge in [-0.15, -0.1) is 0 Å². The summed E-state index contributed by atoms with van der Waals surface area (Å²) in [5, 5.41) is 0. The number of nitrogens with one attached hydrogen (secondary N) is 2. The second-order valence-electron chi connectivity index (χ2n) is 4.92. The number of aromatic nitrogens is 1. The molecule has 1 aromatic heterocycles. The van der Waals surface area contributed by atoms with Crippen LogP contribution in [0.25, 0.3) is 0 Å². The number of H-pyrrole nitrogens is 1. The van der Waals surface area contributed by atoms with E-state index in [1.807, 2.05) is 18.2 Å². The Balaban J connectivity index is 2.09. The molecule has 1 unspecified atom stereocenters. The fourth-order valence-corrected chi connectivity index (χ4v) is 2.96. The van der Waals surface area contributed by atoms with Crippen molar-refractivity contribution in [2.75, 3.05) is 0 Å². The Labute approximate surface area is 120 Å². The standard InChI is InChI=1S/C15H20N2O2S/c1-3-12(2)14-4-6-15(7-5-14)20(18,19)17-11-13-8-9-16-10-13/h4-10,12,16-17H,3,11H2,1-2H3. The van der Waals surface area contributed by atoms with Gasteiger partial charge in [-0.1, -0.05) is 26.0 Å². The summed E-state index contributed by atoms with van der Waals surface area (Å²) in [6.07, 6.45) is 4.58. The van der Waals surface area contributed by atoms with Crippen LogP contribution >= 0.6 is 0 Å². The second-order valence-corrected chi connectivity index (χ2v) is 6.69. The van der Waals surface area contributed by atoms with Crippen LogP contribution in [0, 0.1) is 0 Å². The van der Waals surface area contributed by atoms with Crippen LogP contribution in [0.2, 0.25) is 0 Å². The Morgan fingerprint density at radius 1 is 1.20 bits per heavy atom. The van der Waals surface area contributed by atoms with Crippen LogP contribution in [-0.2, 0) is 16.6 Å². The van der Waals surface area contributed by atoms with Gasteiger partial charge in [0.25, 0.3) is 0 Å². The first-order valence-electron chi connectivity index (χ1n) is 6.74. The molecule has 108 valence electrons. The van der Waals surface area contributed by atoms with E-state index in [-0.39, 0.29) is 0 Å². The van der Waals surface area contributed by atoms with Crippen molar-refractivity contribution in [3.05, 3.63) is 53.9 Å². The minimum atomic E-state index is -3.45. The Kier molecular flexibility index (Phi) is 4.62. The third-order valence-corrected chi connectivity index (χ3v) is 4.92. The molecule has 20 heavy (non-hydrogen) atoms. The zero-order chi connectivity index (χ0) is 14.6. The van der Waals surface area contributed by atoms with E-state index < -0.39 is 10.0 Å². The van der Waals surface area contributed by atoms with Crippen molar-refractivity contribution < 1.29 is 8.42 Å². The van der Waals surface area contributed by atoms with E-state index in [0.717, 1.165) is 17.5 Å². The van der Waals surface area contributed by atoms with Gasteiger partial charge in [0.05, 0.1) is 4.90 Å². The molecule has 0 saturated heterocycles. The quantitative estimate of drug-likeness (QED) is 0.859. The fraction of sp³-hybridized carbons (Fsp3) is 0.333. The summed E-state index contributed by atoms with van der Waals surface area (Å²) >= 11 is 0. The summed E-state index contributed by atoms with van der Waals surface area (Å²) in [6.45, 7) is 4.54. The van der Waals surface area contributed by atoms with Gasteiger partial charge in [-0.2, -0.15) is 0 Å². The van der Waals surface area contributed by atoms with E-state index in [0.29, 0.717) is 17.4 Å². The normalized spacial score (nSPS) is 13.3. The lowest BCUT2D eigenvalue weighted by atomic mass is 9.99. The Hall–Kier alpha value is -1.59. The minimum Gasteiger partial charge on any atom is -0.367 e. The molecule has 0 spiro atoms. The molecular formula is C15H20N2O2S. The van der Waals surface area contributed by atoms with Crippen molar-refractivity contribution in [1.29, 1.82) is 0 Å². The summed E-state index contributed by atoms with van der Waals surface area (Å²) in [7, 11) is -3.45. The minimum absolute atomic E-state index is 0.291. The first-order chi connectivity index (χ1) is 9.53. The van der Waals surface area contributed by atoms with Crippen molar-refractivity contribution in [3.8, 4) is 0 Å². The maximum atomic E-state index is 12.2. The summed E-state index contributed by atoms with van der Waals surface area (Å²) in [6, 6.07) is 8.95. The molecule has 2 rings (SSSR count). The van der Waals surface area contributed by atoms with Crippen LogP contribution in [-0.4, -0.2) is 13.4 Å². The van der Waals surface area contributed by atoms with Gasteiger partial charge in [0.2, 0.25) is 10.0 Å². The molecule has 0 saturated carbocycles. The lowest BCUT2D eigenvalue weighted by molar-refractivity contribution is 0.581. The summed E-state index contributed by atoms with van der Waals surface area (Å²) in [4.78, 5) is 3.20. The molecule has 0 bridgehead atoms. The van der Waals surface area contributed by atoms with E-state index in [4.69, 9.17) is 0 Å². The number of rotatable bonds is 6. The lowest BCUT2D eigenvalue weighted by Gasteiger charge is -2.10. The summed E-state index contributed by atoms with van der Waals surface area (Å²) < 4.78 is 26.9. The molecule has 0 radical (unpaired) electrons. The van der Waals surface area contributed by atoms with Gasteiger partial charge < -0.3 is 4.98 Å². The van der Waals surface area contributed by atoms with E-state index in [9.17, 15) is 8.42 Å². The van der Waals surface area contributed by atoms with Gasteiger partial charge >= 0.3 is 0 Å². The molecular weight excluding hydrogens is 272 g/mol. The maximum absolute atomic E-state index is 12.2. The molecule has 1 heterocycles. The van der Waals surface area contributed by atoms with E-state index in [1.54, 1.807) is 24.5 Å². The van der Waals surface area contributed by atoms with Crippen molar-refractivity contribution in [2.45, 2.75) is 37.6 Å². The molecule has 2 N–H and O–H groups in total. The van der Waals surface area contributed by atoms with E-state index in [2.05, 4.69) is 23.6 Å². The molecule has 0 amide bonds. The molecule has 2 aromatic rings. The predicted molar refractivity (Wildman–Crippen MR) is 80.0 cm³/mol. The third kappa shape index (κ3) is 3.49. The fourth-order valence-electron chi connectivity index (χ4n) is 1.94. The summed E-state index contributed by atoms with van der Waals surface area (Å²) in [5.41, 5.74) is 2.07. The Bertz CT molecular complexity index is 631. The topological polar surface area (TPSA) is 62.0 Å². The van der Waals surface area contributed by atoms with Crippen molar-refractivity contribution in [3.63, 3.8) is 0 Å². The van der Waals surface area contributed by atoms with Gasteiger partial charge in [-0.05, 0) is 41.7 Å². The second kappa shape index (κ2) is 6.24. The predicted octanol–water partition coefficient (Wildman–Crippen LogP) is 3.01. The molecule has 0 aliphatic heterocycles. The number of aromatic amines is 1. The number of benzene rings is 1. The third-order valence-electron chi connectivity index (χ3n) is 3.50.